The smallest absolute Gasteiger partial charge is 0.226 e. The van der Waals surface area contributed by atoms with Gasteiger partial charge in [-0.1, -0.05) is 86.6 Å². The van der Waals surface area contributed by atoms with E-state index in [2.05, 4.69) is 66.3 Å². The topological polar surface area (TPSA) is 21.4 Å². The number of nitrogens with zero attached hydrogens (tertiary/aromatic N) is 1. The van der Waals surface area contributed by atoms with E-state index in [0.29, 0.717) is 34.3 Å². The Morgan fingerprint density at radius 3 is 2.26 bits per heavy atom. The second-order valence-corrected chi connectivity index (χ2v) is 14.9. The van der Waals surface area contributed by atoms with E-state index in [1.165, 1.54) is 44.9 Å². The van der Waals surface area contributed by atoms with Crippen molar-refractivity contribution in [2.45, 2.75) is 107 Å². The second kappa shape index (κ2) is 8.25. The predicted molar refractivity (Wildman–Crippen MR) is 135 cm³/mol. The zero-order valence-corrected chi connectivity index (χ0v) is 25.9. The summed E-state index contributed by atoms with van der Waals surface area (Å²) in [4.78, 5) is 17.0. The van der Waals surface area contributed by atoms with E-state index in [-0.39, 0.29) is 49.3 Å². The van der Waals surface area contributed by atoms with Gasteiger partial charge in [-0.3, -0.25) is 0 Å². The van der Waals surface area contributed by atoms with Crippen LogP contribution >= 0.6 is 0 Å². The van der Waals surface area contributed by atoms with Crippen LogP contribution in [0.2, 0.25) is 0 Å². The normalized spacial score (nSPS) is 49.2. The van der Waals surface area contributed by atoms with E-state index in [9.17, 15) is 4.79 Å². The average molecular weight is 538 g/mol. The Bertz CT molecular complexity index is 942. The maximum Gasteiger partial charge on any atom is 0.226 e. The largest absolute Gasteiger partial charge is 0.310 e. The number of carbonyl (C=O) groups excluding carboxylic acids is 1. The van der Waals surface area contributed by atoms with Gasteiger partial charge >= 0.3 is 0 Å². The molecule has 0 aromatic carbocycles. The molecule has 0 saturated heterocycles. The van der Waals surface area contributed by atoms with Crippen LogP contribution in [0.3, 0.4) is 0 Å². The molecule has 5 aliphatic carbocycles. The van der Waals surface area contributed by atoms with Crippen molar-refractivity contribution < 1.29 is 37.5 Å². The van der Waals surface area contributed by atoms with Gasteiger partial charge in [0, 0.05) is 38.1 Å². The van der Waals surface area contributed by atoms with Crippen molar-refractivity contribution >= 4 is 5.78 Å². The minimum Gasteiger partial charge on any atom is -0.310 e. The molecule has 185 valence electrons. The van der Waals surface area contributed by atoms with Gasteiger partial charge in [-0.15, -0.1) is 0 Å². The van der Waals surface area contributed by atoms with Gasteiger partial charge in [-0.25, -0.2) is 4.85 Å². The minimum absolute atomic E-state index is 0. The molecular formula is C31H46NOY-. The monoisotopic (exact) mass is 537 g/mol. The number of hydrogen-bond donors (Lipinski definition) is 0. The Morgan fingerprint density at radius 2 is 1.62 bits per heavy atom. The van der Waals surface area contributed by atoms with Crippen LogP contribution in [0.5, 0.6) is 0 Å². The van der Waals surface area contributed by atoms with Crippen molar-refractivity contribution in [3.8, 4) is 0 Å². The molecule has 8 atom stereocenters. The molecule has 0 heterocycles. The average Bonchev–Trinajstić information content (AvgIpc) is 2.72. The molecule has 34 heavy (non-hydrogen) atoms. The molecule has 0 bridgehead atoms. The van der Waals surface area contributed by atoms with Crippen LogP contribution in [0.25, 0.3) is 4.85 Å². The van der Waals surface area contributed by atoms with Crippen LogP contribution in [0, 0.1) is 69.2 Å². The van der Waals surface area contributed by atoms with Gasteiger partial charge in [0.1, 0.15) is 0 Å². The molecule has 4 saturated carbocycles. The fourth-order valence-electron chi connectivity index (χ4n) is 10.8. The summed E-state index contributed by atoms with van der Waals surface area (Å²) in [6, 6.07) is 0. The first-order valence-electron chi connectivity index (χ1n) is 13.7. The number of Topliss-reactive ketones (excluding diaryl/α,β-unsaturated/α-hetero) is 1. The SMILES string of the molecule is [C-]#[N+]C1=C[C@]2(C)C3CC(C)C4C5CC(C)(C)CC[C-]5CC[C@@]4(C)[C@]3(C)CC[C@H]2C(C)(C)C1=O.[Y]. The molecule has 0 spiro atoms. The summed E-state index contributed by atoms with van der Waals surface area (Å²) in [5.41, 5.74) is 0.977. The third-order valence-corrected chi connectivity index (χ3v) is 12.6. The van der Waals surface area contributed by atoms with Crippen molar-refractivity contribution in [3.63, 3.8) is 0 Å². The molecule has 0 aromatic heterocycles. The Balaban J connectivity index is 0.00000274. The van der Waals surface area contributed by atoms with Gasteiger partial charge < -0.3 is 10.7 Å². The van der Waals surface area contributed by atoms with Crippen LogP contribution in [-0.4, -0.2) is 5.78 Å². The predicted octanol–water partition coefficient (Wildman–Crippen LogP) is 8.29. The number of rotatable bonds is 0. The van der Waals surface area contributed by atoms with Crippen LogP contribution in [-0.2, 0) is 37.5 Å². The van der Waals surface area contributed by atoms with E-state index in [1.54, 1.807) is 0 Å². The zero-order chi connectivity index (χ0) is 24.2. The van der Waals surface area contributed by atoms with E-state index < -0.39 is 5.41 Å². The summed E-state index contributed by atoms with van der Waals surface area (Å²) in [5.74, 6) is 5.13. The quantitative estimate of drug-likeness (QED) is 0.285. The van der Waals surface area contributed by atoms with Crippen LogP contribution < -0.4 is 0 Å². The number of hydrogen-bond acceptors (Lipinski definition) is 1. The fourth-order valence-corrected chi connectivity index (χ4v) is 10.8. The van der Waals surface area contributed by atoms with Crippen molar-refractivity contribution in [3.05, 3.63) is 29.1 Å². The summed E-state index contributed by atoms with van der Waals surface area (Å²) < 4.78 is 0. The fraction of sp³-hybridized carbons (Fsp3) is 0.839. The van der Waals surface area contributed by atoms with Crippen LogP contribution in [0.15, 0.2) is 11.8 Å². The summed E-state index contributed by atoms with van der Waals surface area (Å²) in [6.07, 6.45) is 12.5. The van der Waals surface area contributed by atoms with E-state index in [0.717, 1.165) is 18.3 Å². The summed E-state index contributed by atoms with van der Waals surface area (Å²) in [5, 5.41) is 0. The van der Waals surface area contributed by atoms with E-state index in [4.69, 9.17) is 6.57 Å². The molecule has 0 aromatic rings. The molecular weight excluding hydrogens is 491 g/mol. The Kier molecular flexibility index (Phi) is 6.57. The molecule has 3 heteroatoms. The molecule has 1 radical (unpaired) electrons. The molecule has 5 aliphatic rings. The van der Waals surface area contributed by atoms with E-state index in [1.807, 2.05) is 5.92 Å². The molecule has 2 nitrogen and oxygen atoms in total. The molecule has 4 fully saturated rings. The molecule has 5 rings (SSSR count). The first-order valence-corrected chi connectivity index (χ1v) is 13.7. The Hall–Kier alpha value is 0.00390. The third kappa shape index (κ3) is 3.41. The van der Waals surface area contributed by atoms with Gasteiger partial charge in [0.15, 0.2) is 5.78 Å². The summed E-state index contributed by atoms with van der Waals surface area (Å²) in [6.45, 7) is 27.3. The zero-order valence-electron chi connectivity index (χ0n) is 23.1. The molecule has 4 unspecified atom stereocenters. The third-order valence-electron chi connectivity index (χ3n) is 12.6. The first-order chi connectivity index (χ1) is 15.2. The van der Waals surface area contributed by atoms with Crippen molar-refractivity contribution in [2.24, 2.45) is 56.7 Å². The Labute approximate surface area is 234 Å². The second-order valence-electron chi connectivity index (χ2n) is 14.9. The Morgan fingerprint density at radius 1 is 0.971 bits per heavy atom. The molecule has 0 N–H and O–H groups in total. The van der Waals surface area contributed by atoms with Crippen molar-refractivity contribution in [2.75, 3.05) is 0 Å². The maximum atomic E-state index is 13.2. The van der Waals surface area contributed by atoms with Crippen LogP contribution in [0.1, 0.15) is 107 Å². The van der Waals surface area contributed by atoms with Gasteiger partial charge in [0.05, 0.1) is 6.57 Å². The van der Waals surface area contributed by atoms with E-state index >= 15 is 0 Å². The minimum atomic E-state index is -0.438. The molecule has 0 aliphatic heterocycles. The summed E-state index contributed by atoms with van der Waals surface area (Å²) in [7, 11) is 0. The van der Waals surface area contributed by atoms with Crippen molar-refractivity contribution in [1.29, 1.82) is 0 Å². The molecule has 0 amide bonds. The van der Waals surface area contributed by atoms with Crippen LogP contribution in [0.4, 0.5) is 0 Å². The van der Waals surface area contributed by atoms with Gasteiger partial charge in [0.2, 0.25) is 5.70 Å². The number of allylic oxidation sites excluding steroid dienone is 2. The standard InChI is InChI=1S/C31H46NO.Y/c1-19-16-24-29(6)18-22(32-9)26(33)28(4,5)23(29)12-15-30(24,7)31(8)14-11-20-10-13-27(2,3)17-21(20)25(19)31;/h18-19,21,23-25H,10-17H2,1-8H3;/q-1;/t19?,21?,23-,24?,25?,29-,30+,31+;/m0./s1. The number of fused-ring (bicyclic) bond motifs is 7. The number of ketones is 1. The van der Waals surface area contributed by atoms with Gasteiger partial charge in [-0.2, -0.15) is 18.8 Å². The summed E-state index contributed by atoms with van der Waals surface area (Å²) >= 11 is 0. The first kappa shape index (κ1) is 27.0. The van der Waals surface area contributed by atoms with Gasteiger partial charge in [0.25, 0.3) is 0 Å². The van der Waals surface area contributed by atoms with Crippen molar-refractivity contribution in [1.82, 2.24) is 0 Å². The maximum absolute atomic E-state index is 13.2. The number of carbonyl (C=O) groups is 1. The van der Waals surface area contributed by atoms with Gasteiger partial charge in [-0.05, 0) is 58.7 Å².